The number of primary amides is 1. The number of rotatable bonds is 12. The number of nitrogens with zero attached hydrogens (tertiary/aromatic N) is 5. The van der Waals surface area contributed by atoms with Crippen LogP contribution in [0.25, 0.3) is 11.3 Å². The molecule has 242 valence electrons. The van der Waals surface area contributed by atoms with Crippen molar-refractivity contribution in [1.29, 1.82) is 0 Å². The van der Waals surface area contributed by atoms with E-state index < -0.39 is 9.84 Å². The number of aromatic nitrogens is 2. The van der Waals surface area contributed by atoms with Crippen molar-refractivity contribution in [3.05, 3.63) is 64.3 Å². The highest BCUT2D eigenvalue weighted by molar-refractivity contribution is 7.90. The number of piperazine rings is 1. The number of halogens is 2. The molecular weight excluding hydrogens is 635 g/mol. The standard InChI is InChI=1S/C32H40Cl2N6O4S/c1-45(42,43)14-2-7-38-10-12-40(13-11-38)31-4-3-28(21-36-31)44-32-17-24(22-39-8-5-23(6-9-39)16-30(35)41)15-29(37-32)25-18-26(33)20-27(34)19-25/h3-4,15,17-21,23H,2,5-14,16,22H2,1H3,(H2,35,41). The molecule has 3 aromatic rings. The van der Waals surface area contributed by atoms with Gasteiger partial charge in [-0.25, -0.2) is 18.4 Å². The number of amides is 1. The van der Waals surface area contributed by atoms with Crippen molar-refractivity contribution < 1.29 is 17.9 Å². The summed E-state index contributed by atoms with van der Waals surface area (Å²) in [5, 5.41) is 1.05. The highest BCUT2D eigenvalue weighted by Crippen LogP contribution is 2.31. The monoisotopic (exact) mass is 674 g/mol. The van der Waals surface area contributed by atoms with Crippen LogP contribution >= 0.6 is 23.2 Å². The second-order valence-electron chi connectivity index (χ2n) is 12.0. The quantitative estimate of drug-likeness (QED) is 0.286. The number of benzene rings is 1. The lowest BCUT2D eigenvalue weighted by Crippen LogP contribution is -2.47. The smallest absolute Gasteiger partial charge is 0.220 e. The highest BCUT2D eigenvalue weighted by atomic mass is 35.5. The molecule has 2 aromatic heterocycles. The number of hydrogen-bond donors (Lipinski definition) is 1. The average Bonchev–Trinajstić information content (AvgIpc) is 2.97. The van der Waals surface area contributed by atoms with E-state index in [1.54, 1.807) is 12.3 Å². The maximum atomic E-state index is 11.4. The number of anilines is 1. The lowest BCUT2D eigenvalue weighted by molar-refractivity contribution is -0.119. The molecule has 45 heavy (non-hydrogen) atoms. The number of hydrogen-bond acceptors (Lipinski definition) is 9. The molecular formula is C32H40Cl2N6O4S. The number of piperidine rings is 1. The Morgan fingerprint density at radius 1 is 0.978 bits per heavy atom. The number of nitrogens with two attached hydrogens (primary N) is 1. The summed E-state index contributed by atoms with van der Waals surface area (Å²) in [6.07, 6.45) is 5.96. The number of pyridine rings is 2. The normalized spacial score (nSPS) is 17.0. The molecule has 10 nitrogen and oxygen atoms in total. The van der Waals surface area contributed by atoms with Gasteiger partial charge in [0, 0.05) is 67.1 Å². The molecule has 0 aliphatic carbocycles. The lowest BCUT2D eigenvalue weighted by Gasteiger charge is -2.35. The molecule has 4 heterocycles. The van der Waals surface area contributed by atoms with Crippen LogP contribution in [0.4, 0.5) is 5.82 Å². The molecule has 1 aromatic carbocycles. The minimum absolute atomic E-state index is 0.222. The second-order valence-corrected chi connectivity index (χ2v) is 15.1. The fraction of sp³-hybridized carbons (Fsp3) is 0.469. The summed E-state index contributed by atoms with van der Waals surface area (Å²) in [7, 11) is -2.93. The summed E-state index contributed by atoms with van der Waals surface area (Å²) in [6.45, 7) is 6.62. The van der Waals surface area contributed by atoms with Crippen LogP contribution in [0.15, 0.2) is 48.7 Å². The Labute approximate surface area is 275 Å². The van der Waals surface area contributed by atoms with E-state index in [-0.39, 0.29) is 11.7 Å². The zero-order valence-corrected chi connectivity index (χ0v) is 27.8. The third-order valence-electron chi connectivity index (χ3n) is 8.25. The van der Waals surface area contributed by atoms with Crippen LogP contribution in [0.2, 0.25) is 10.0 Å². The van der Waals surface area contributed by atoms with Crippen molar-refractivity contribution in [3.8, 4) is 22.9 Å². The Kier molecular flexibility index (Phi) is 11.2. The first-order chi connectivity index (χ1) is 21.5. The molecule has 0 radical (unpaired) electrons. The van der Waals surface area contributed by atoms with Crippen molar-refractivity contribution in [3.63, 3.8) is 0 Å². The summed E-state index contributed by atoms with van der Waals surface area (Å²) in [6, 6.07) is 13.2. The molecule has 0 unspecified atom stereocenters. The Bertz CT molecular complexity index is 1550. The summed E-state index contributed by atoms with van der Waals surface area (Å²) in [5.74, 6) is 2.21. The van der Waals surface area contributed by atoms with Gasteiger partial charge in [0.2, 0.25) is 11.8 Å². The summed E-state index contributed by atoms with van der Waals surface area (Å²) in [4.78, 5) is 27.7. The third-order valence-corrected chi connectivity index (χ3v) is 9.72. The Morgan fingerprint density at radius 3 is 2.31 bits per heavy atom. The molecule has 13 heteroatoms. The first-order valence-electron chi connectivity index (χ1n) is 15.3. The van der Waals surface area contributed by atoms with E-state index in [1.165, 1.54) is 6.26 Å². The Hall–Kier alpha value is -2.96. The van der Waals surface area contributed by atoms with E-state index in [0.29, 0.717) is 52.7 Å². The van der Waals surface area contributed by atoms with Crippen molar-refractivity contribution in [1.82, 2.24) is 19.8 Å². The highest BCUT2D eigenvalue weighted by Gasteiger charge is 2.22. The molecule has 2 aliphatic heterocycles. The van der Waals surface area contributed by atoms with Crippen molar-refractivity contribution in [2.45, 2.75) is 32.2 Å². The summed E-state index contributed by atoms with van der Waals surface area (Å²) in [5.41, 5.74) is 7.95. The van der Waals surface area contributed by atoms with Crippen molar-refractivity contribution in [2.24, 2.45) is 11.7 Å². The predicted molar refractivity (Wildman–Crippen MR) is 179 cm³/mol. The first kappa shape index (κ1) is 33.4. The van der Waals surface area contributed by atoms with E-state index >= 15 is 0 Å². The lowest BCUT2D eigenvalue weighted by atomic mass is 9.93. The molecule has 0 saturated carbocycles. The largest absolute Gasteiger partial charge is 0.437 e. The van der Waals surface area contributed by atoms with Gasteiger partial charge in [-0.1, -0.05) is 23.2 Å². The van der Waals surface area contributed by atoms with Gasteiger partial charge in [0.1, 0.15) is 21.4 Å². The number of ether oxygens (including phenoxy) is 1. The van der Waals surface area contributed by atoms with Gasteiger partial charge in [0.05, 0.1) is 17.6 Å². The Morgan fingerprint density at radius 2 is 1.69 bits per heavy atom. The molecule has 0 atom stereocenters. The number of carbonyl (C=O) groups excluding carboxylic acids is 1. The van der Waals surface area contributed by atoms with E-state index in [4.69, 9.17) is 38.7 Å². The minimum atomic E-state index is -2.93. The van der Waals surface area contributed by atoms with Crippen LogP contribution in [0, 0.1) is 5.92 Å². The maximum absolute atomic E-state index is 11.4. The Balaban J connectivity index is 1.25. The molecule has 2 aliphatic rings. The number of carbonyl (C=O) groups is 1. The zero-order valence-electron chi connectivity index (χ0n) is 25.5. The average molecular weight is 676 g/mol. The van der Waals surface area contributed by atoms with Crippen molar-refractivity contribution in [2.75, 3.05) is 62.7 Å². The van der Waals surface area contributed by atoms with E-state index in [9.17, 15) is 13.2 Å². The van der Waals surface area contributed by atoms with E-state index in [1.807, 2.05) is 36.4 Å². The first-order valence-corrected chi connectivity index (χ1v) is 18.1. The van der Waals surface area contributed by atoms with Gasteiger partial charge in [-0.3, -0.25) is 14.6 Å². The number of likely N-dealkylation sites (tertiary alicyclic amines) is 1. The molecule has 0 spiro atoms. The fourth-order valence-electron chi connectivity index (χ4n) is 5.94. The van der Waals surface area contributed by atoms with Crippen LogP contribution in [0.1, 0.15) is 31.2 Å². The molecule has 1 amide bonds. The SMILES string of the molecule is CS(=O)(=O)CCCN1CCN(c2ccc(Oc3cc(CN4CCC(CC(N)=O)CC4)cc(-c4cc(Cl)cc(Cl)c4)n3)cn2)CC1. The van der Waals surface area contributed by atoms with Gasteiger partial charge in [-0.05, 0) is 86.8 Å². The molecule has 0 bridgehead atoms. The second kappa shape index (κ2) is 15.1. The third kappa shape index (κ3) is 10.3. The van der Waals surface area contributed by atoms with Gasteiger partial charge in [0.25, 0.3) is 0 Å². The van der Waals surface area contributed by atoms with Crippen LogP contribution < -0.4 is 15.4 Å². The van der Waals surface area contributed by atoms with Gasteiger partial charge < -0.3 is 15.4 Å². The number of sulfone groups is 1. The maximum Gasteiger partial charge on any atom is 0.220 e. The molecule has 2 N–H and O–H groups in total. The zero-order chi connectivity index (χ0) is 32.0. The minimum Gasteiger partial charge on any atom is -0.437 e. The summed E-state index contributed by atoms with van der Waals surface area (Å²) >= 11 is 12.6. The predicted octanol–water partition coefficient (Wildman–Crippen LogP) is 4.89. The molecule has 5 rings (SSSR count). The van der Waals surface area contributed by atoms with E-state index in [2.05, 4.69) is 19.7 Å². The van der Waals surface area contributed by atoms with Crippen LogP contribution in [-0.4, -0.2) is 91.9 Å². The van der Waals surface area contributed by atoms with Crippen molar-refractivity contribution >= 4 is 44.8 Å². The van der Waals surface area contributed by atoms with Gasteiger partial charge in [-0.15, -0.1) is 0 Å². The van der Waals surface area contributed by atoms with Crippen LogP contribution in [0.3, 0.4) is 0 Å². The van der Waals surface area contributed by atoms with Crippen LogP contribution in [0.5, 0.6) is 11.6 Å². The summed E-state index contributed by atoms with van der Waals surface area (Å²) < 4.78 is 29.1. The topological polar surface area (TPSA) is 122 Å². The van der Waals surface area contributed by atoms with Gasteiger partial charge in [0.15, 0.2) is 0 Å². The molecule has 2 saturated heterocycles. The van der Waals surface area contributed by atoms with Gasteiger partial charge in [-0.2, -0.15) is 0 Å². The van der Waals surface area contributed by atoms with Crippen LogP contribution in [-0.2, 0) is 21.2 Å². The fourth-order valence-corrected chi connectivity index (χ4v) is 7.11. The molecule has 2 fully saturated rings. The van der Waals surface area contributed by atoms with E-state index in [0.717, 1.165) is 75.6 Å². The van der Waals surface area contributed by atoms with Gasteiger partial charge >= 0.3 is 0 Å².